The minimum atomic E-state index is -0.593. The Morgan fingerprint density at radius 3 is 2.47 bits per heavy atom. The standard InChI is InChI=1S/C11H11F2NO/c12-9-5-8(14)6-10(13)11(9)7-1-3-15-4-2-7/h1,3,5-7H,2,4,14H2. The van der Waals surface area contributed by atoms with Crippen molar-refractivity contribution in [1.29, 1.82) is 0 Å². The van der Waals surface area contributed by atoms with Crippen molar-refractivity contribution in [2.75, 3.05) is 12.3 Å². The van der Waals surface area contributed by atoms with Gasteiger partial charge in [0.05, 0.1) is 12.9 Å². The van der Waals surface area contributed by atoms with E-state index in [9.17, 15) is 8.78 Å². The number of ether oxygens (including phenoxy) is 1. The topological polar surface area (TPSA) is 35.2 Å². The predicted molar refractivity (Wildman–Crippen MR) is 53.2 cm³/mol. The summed E-state index contributed by atoms with van der Waals surface area (Å²) < 4.78 is 32.0. The van der Waals surface area contributed by atoms with E-state index in [1.54, 1.807) is 6.08 Å². The van der Waals surface area contributed by atoms with Gasteiger partial charge in [0.25, 0.3) is 0 Å². The molecule has 4 heteroatoms. The van der Waals surface area contributed by atoms with Crippen LogP contribution in [0.3, 0.4) is 0 Å². The van der Waals surface area contributed by atoms with Crippen molar-refractivity contribution in [2.45, 2.75) is 12.3 Å². The quantitative estimate of drug-likeness (QED) is 0.724. The molecule has 0 radical (unpaired) electrons. The van der Waals surface area contributed by atoms with Gasteiger partial charge in [0, 0.05) is 17.2 Å². The number of nitrogen functional groups attached to an aromatic ring is 1. The number of halogens is 2. The molecule has 0 aliphatic carbocycles. The monoisotopic (exact) mass is 211 g/mol. The Morgan fingerprint density at radius 1 is 1.27 bits per heavy atom. The predicted octanol–water partition coefficient (Wildman–Crippen LogP) is 2.56. The van der Waals surface area contributed by atoms with Gasteiger partial charge in [-0.25, -0.2) is 8.78 Å². The van der Waals surface area contributed by atoms with Crippen molar-refractivity contribution in [3.63, 3.8) is 0 Å². The van der Waals surface area contributed by atoms with Gasteiger partial charge >= 0.3 is 0 Å². The summed E-state index contributed by atoms with van der Waals surface area (Å²) in [5.74, 6) is -1.45. The summed E-state index contributed by atoms with van der Waals surface area (Å²) in [5, 5.41) is 0. The van der Waals surface area contributed by atoms with Crippen LogP contribution in [0.4, 0.5) is 14.5 Å². The van der Waals surface area contributed by atoms with Crippen LogP contribution < -0.4 is 5.73 Å². The highest BCUT2D eigenvalue weighted by molar-refractivity contribution is 5.43. The second kappa shape index (κ2) is 3.88. The van der Waals surface area contributed by atoms with E-state index >= 15 is 0 Å². The lowest BCUT2D eigenvalue weighted by molar-refractivity contribution is 0.221. The summed E-state index contributed by atoms with van der Waals surface area (Å²) in [7, 11) is 0. The Bertz CT molecular complexity index is 381. The molecule has 2 nitrogen and oxygen atoms in total. The third-order valence-electron chi connectivity index (χ3n) is 2.43. The zero-order chi connectivity index (χ0) is 10.8. The minimum Gasteiger partial charge on any atom is -0.501 e. The van der Waals surface area contributed by atoms with Gasteiger partial charge in [0.15, 0.2) is 0 Å². The average Bonchev–Trinajstić information content (AvgIpc) is 2.17. The molecule has 15 heavy (non-hydrogen) atoms. The molecule has 1 unspecified atom stereocenters. The van der Waals surface area contributed by atoms with Crippen molar-refractivity contribution in [3.05, 3.63) is 41.7 Å². The van der Waals surface area contributed by atoms with Gasteiger partial charge < -0.3 is 10.5 Å². The zero-order valence-electron chi connectivity index (χ0n) is 8.04. The maximum Gasteiger partial charge on any atom is 0.131 e. The van der Waals surface area contributed by atoms with Crippen LogP contribution in [0, 0.1) is 11.6 Å². The molecule has 1 aliphatic heterocycles. The summed E-state index contributed by atoms with van der Waals surface area (Å²) in [6, 6.07) is 2.28. The molecule has 1 aromatic rings. The number of allylic oxidation sites excluding steroid dienone is 1. The molecule has 0 saturated carbocycles. The van der Waals surface area contributed by atoms with Gasteiger partial charge in [-0.15, -0.1) is 0 Å². The van der Waals surface area contributed by atoms with Crippen LogP contribution in [0.2, 0.25) is 0 Å². The first-order valence-electron chi connectivity index (χ1n) is 4.71. The van der Waals surface area contributed by atoms with Gasteiger partial charge in [-0.3, -0.25) is 0 Å². The van der Waals surface area contributed by atoms with Crippen molar-refractivity contribution >= 4 is 5.69 Å². The number of anilines is 1. The van der Waals surface area contributed by atoms with Crippen LogP contribution in [0.15, 0.2) is 24.5 Å². The van der Waals surface area contributed by atoms with E-state index in [1.165, 1.54) is 6.26 Å². The fraction of sp³-hybridized carbons (Fsp3) is 0.273. The molecule has 1 heterocycles. The minimum absolute atomic E-state index is 0.0729. The van der Waals surface area contributed by atoms with E-state index in [1.807, 2.05) is 0 Å². The molecule has 2 N–H and O–H groups in total. The van der Waals surface area contributed by atoms with Crippen LogP contribution in [-0.2, 0) is 4.74 Å². The Hall–Kier alpha value is -1.58. The number of benzene rings is 1. The van der Waals surface area contributed by atoms with Gasteiger partial charge in [0.1, 0.15) is 11.6 Å². The van der Waals surface area contributed by atoms with Gasteiger partial charge in [-0.05, 0) is 24.6 Å². The molecule has 0 amide bonds. The highest BCUT2D eigenvalue weighted by Crippen LogP contribution is 2.30. The Labute approximate surface area is 86.3 Å². The van der Waals surface area contributed by atoms with Crippen molar-refractivity contribution < 1.29 is 13.5 Å². The van der Waals surface area contributed by atoms with Crippen molar-refractivity contribution in [1.82, 2.24) is 0 Å². The molecule has 0 bridgehead atoms. The lowest BCUT2D eigenvalue weighted by atomic mass is 9.94. The highest BCUT2D eigenvalue weighted by Gasteiger charge is 2.20. The Kier molecular flexibility index (Phi) is 2.58. The molecular formula is C11H11F2NO. The zero-order valence-corrected chi connectivity index (χ0v) is 8.04. The normalized spacial score (nSPS) is 20.0. The van der Waals surface area contributed by atoms with E-state index in [4.69, 9.17) is 10.5 Å². The second-order valence-corrected chi connectivity index (χ2v) is 3.49. The SMILES string of the molecule is Nc1cc(F)c(C2C=COCC2)c(F)c1. The fourth-order valence-corrected chi connectivity index (χ4v) is 1.71. The lowest BCUT2D eigenvalue weighted by Crippen LogP contribution is -2.09. The smallest absolute Gasteiger partial charge is 0.131 e. The van der Waals surface area contributed by atoms with Crippen molar-refractivity contribution in [3.8, 4) is 0 Å². The van der Waals surface area contributed by atoms with Crippen LogP contribution in [0.1, 0.15) is 17.9 Å². The molecule has 0 saturated heterocycles. The summed E-state index contributed by atoms with van der Waals surface area (Å²) in [4.78, 5) is 0. The summed E-state index contributed by atoms with van der Waals surface area (Å²) in [6.45, 7) is 0.477. The molecule has 0 aromatic heterocycles. The van der Waals surface area contributed by atoms with Crippen molar-refractivity contribution in [2.24, 2.45) is 0 Å². The Balaban J connectivity index is 2.42. The number of rotatable bonds is 1. The Morgan fingerprint density at radius 2 is 1.93 bits per heavy atom. The molecule has 80 valence electrons. The third-order valence-corrected chi connectivity index (χ3v) is 2.43. The number of hydrogen-bond donors (Lipinski definition) is 1. The maximum absolute atomic E-state index is 13.5. The van der Waals surface area contributed by atoms with Gasteiger partial charge in [-0.2, -0.15) is 0 Å². The molecule has 0 fully saturated rings. The maximum atomic E-state index is 13.5. The highest BCUT2D eigenvalue weighted by atomic mass is 19.1. The molecule has 1 atom stereocenters. The number of hydrogen-bond acceptors (Lipinski definition) is 2. The van der Waals surface area contributed by atoms with E-state index in [-0.39, 0.29) is 17.2 Å². The average molecular weight is 211 g/mol. The molecule has 1 aliphatic rings. The van der Waals surface area contributed by atoms with E-state index in [0.717, 1.165) is 12.1 Å². The first-order chi connectivity index (χ1) is 7.18. The second-order valence-electron chi connectivity index (χ2n) is 3.49. The largest absolute Gasteiger partial charge is 0.501 e. The van der Waals surface area contributed by atoms with E-state index < -0.39 is 11.6 Å². The fourth-order valence-electron chi connectivity index (χ4n) is 1.71. The molecule has 2 rings (SSSR count). The van der Waals surface area contributed by atoms with E-state index in [0.29, 0.717) is 13.0 Å². The first-order valence-corrected chi connectivity index (χ1v) is 4.71. The van der Waals surface area contributed by atoms with Gasteiger partial charge in [-0.1, -0.05) is 0 Å². The van der Waals surface area contributed by atoms with Crippen LogP contribution >= 0.6 is 0 Å². The molecule has 0 spiro atoms. The van der Waals surface area contributed by atoms with Crippen LogP contribution in [0.25, 0.3) is 0 Å². The van der Waals surface area contributed by atoms with E-state index in [2.05, 4.69) is 0 Å². The summed E-state index contributed by atoms with van der Waals surface area (Å²) >= 11 is 0. The summed E-state index contributed by atoms with van der Waals surface area (Å²) in [6.07, 6.45) is 3.71. The van der Waals surface area contributed by atoms with Crippen LogP contribution in [0.5, 0.6) is 0 Å². The summed E-state index contributed by atoms with van der Waals surface area (Å²) in [5.41, 5.74) is 5.51. The van der Waals surface area contributed by atoms with Gasteiger partial charge in [0.2, 0.25) is 0 Å². The molecular weight excluding hydrogens is 200 g/mol. The first kappa shape index (κ1) is 9.96. The molecule has 1 aromatic carbocycles. The lowest BCUT2D eigenvalue weighted by Gasteiger charge is -2.18. The third kappa shape index (κ3) is 1.93. The number of nitrogens with two attached hydrogens (primary N) is 1. The van der Waals surface area contributed by atoms with Crippen LogP contribution in [-0.4, -0.2) is 6.61 Å².